The van der Waals surface area contributed by atoms with Crippen LogP contribution in [0, 0.1) is 0 Å². The lowest BCUT2D eigenvalue weighted by Gasteiger charge is -2.30. The second-order valence-corrected chi connectivity index (χ2v) is 5.20. The molecule has 0 amide bonds. The molecule has 1 aliphatic rings. The van der Waals surface area contributed by atoms with Crippen LogP contribution in [0.1, 0.15) is 17.3 Å². The Morgan fingerprint density at radius 1 is 0.708 bits per heavy atom. The zero-order valence-corrected chi connectivity index (χ0v) is 12.8. The van der Waals surface area contributed by atoms with Crippen LogP contribution in [0.2, 0.25) is 0 Å². The minimum atomic E-state index is -0.212. The Labute approximate surface area is 139 Å². The molecule has 0 fully saturated rings. The molecule has 0 radical (unpaired) electrons. The van der Waals surface area contributed by atoms with E-state index in [1.807, 2.05) is 47.6 Å². The van der Waals surface area contributed by atoms with Gasteiger partial charge in [0, 0.05) is 48.4 Å². The zero-order valence-electron chi connectivity index (χ0n) is 12.8. The fourth-order valence-corrected chi connectivity index (χ4v) is 2.54. The first-order chi connectivity index (χ1) is 11.9. The summed E-state index contributed by atoms with van der Waals surface area (Å²) < 4.78 is 0. The number of aromatic nitrogens is 3. The van der Waals surface area contributed by atoms with Gasteiger partial charge in [0.05, 0.1) is 6.34 Å². The number of hydrogen-bond donors (Lipinski definition) is 0. The molecule has 0 aromatic carbocycles. The summed E-state index contributed by atoms with van der Waals surface area (Å²) in [6.07, 6.45) is 12.1. The van der Waals surface area contributed by atoms with Crippen LogP contribution in [0.4, 0.5) is 5.69 Å². The van der Waals surface area contributed by atoms with Gasteiger partial charge >= 0.3 is 0 Å². The molecule has 0 aliphatic carbocycles. The highest BCUT2D eigenvalue weighted by atomic mass is 15.3. The van der Waals surface area contributed by atoms with Crippen LogP contribution in [0.3, 0.4) is 0 Å². The molecule has 6 nitrogen and oxygen atoms in total. The maximum Gasteiger partial charge on any atom is 0.158 e. The molecule has 1 atom stereocenters. The Bertz CT molecular complexity index is 862. The van der Waals surface area contributed by atoms with Gasteiger partial charge < -0.3 is 4.90 Å². The van der Waals surface area contributed by atoms with Crippen molar-refractivity contribution in [2.45, 2.75) is 6.17 Å². The van der Waals surface area contributed by atoms with Crippen molar-refractivity contribution in [2.75, 3.05) is 4.90 Å². The Morgan fingerprint density at radius 2 is 1.29 bits per heavy atom. The van der Waals surface area contributed by atoms with E-state index >= 15 is 0 Å². The van der Waals surface area contributed by atoms with Crippen molar-refractivity contribution in [1.82, 2.24) is 15.0 Å². The third-order valence-corrected chi connectivity index (χ3v) is 3.72. The van der Waals surface area contributed by atoms with Crippen LogP contribution >= 0.6 is 0 Å². The first kappa shape index (κ1) is 14.2. The van der Waals surface area contributed by atoms with Crippen LogP contribution < -0.4 is 4.90 Å². The first-order valence-electron chi connectivity index (χ1n) is 7.52. The number of aliphatic imine (C=N–C) groups is 2. The predicted molar refractivity (Wildman–Crippen MR) is 93.0 cm³/mol. The number of amidine groups is 1. The maximum atomic E-state index is 4.85. The molecule has 0 bridgehead atoms. The SMILES string of the molecule is C1=NC(c2ccncc2)=NC(c2ccncc2)N1c1ccncc1. The van der Waals surface area contributed by atoms with Gasteiger partial charge in [-0.2, -0.15) is 0 Å². The summed E-state index contributed by atoms with van der Waals surface area (Å²) in [5, 5.41) is 0. The van der Waals surface area contributed by atoms with Crippen LogP contribution in [-0.4, -0.2) is 27.1 Å². The molecule has 6 heteroatoms. The second-order valence-electron chi connectivity index (χ2n) is 5.20. The monoisotopic (exact) mass is 314 g/mol. The number of hydrogen-bond acceptors (Lipinski definition) is 6. The summed E-state index contributed by atoms with van der Waals surface area (Å²) in [4.78, 5) is 23.6. The number of pyridine rings is 3. The quantitative estimate of drug-likeness (QED) is 0.745. The Kier molecular flexibility index (Phi) is 3.77. The van der Waals surface area contributed by atoms with E-state index in [1.165, 1.54) is 0 Å². The van der Waals surface area contributed by atoms with E-state index in [0.717, 1.165) is 16.8 Å². The molecular weight excluding hydrogens is 300 g/mol. The van der Waals surface area contributed by atoms with Crippen molar-refractivity contribution in [3.05, 3.63) is 84.7 Å². The van der Waals surface area contributed by atoms with Crippen molar-refractivity contribution in [1.29, 1.82) is 0 Å². The highest BCUT2D eigenvalue weighted by Crippen LogP contribution is 2.29. The van der Waals surface area contributed by atoms with E-state index < -0.39 is 0 Å². The second kappa shape index (κ2) is 6.37. The van der Waals surface area contributed by atoms with Gasteiger partial charge in [0.25, 0.3) is 0 Å². The maximum absolute atomic E-state index is 4.85. The largest absolute Gasteiger partial charge is 0.305 e. The fourth-order valence-electron chi connectivity index (χ4n) is 2.54. The summed E-state index contributed by atoms with van der Waals surface area (Å²) in [5.41, 5.74) is 2.96. The van der Waals surface area contributed by atoms with Crippen molar-refractivity contribution in [2.24, 2.45) is 9.98 Å². The predicted octanol–water partition coefficient (Wildman–Crippen LogP) is 2.87. The molecule has 3 aromatic heterocycles. The highest BCUT2D eigenvalue weighted by molar-refractivity contribution is 6.06. The summed E-state index contributed by atoms with van der Waals surface area (Å²) in [6.45, 7) is 0. The average Bonchev–Trinajstić information content (AvgIpc) is 2.69. The molecule has 0 saturated carbocycles. The molecule has 0 spiro atoms. The molecule has 3 aromatic rings. The van der Waals surface area contributed by atoms with E-state index in [2.05, 4.69) is 19.9 Å². The number of anilines is 1. The molecule has 0 saturated heterocycles. The number of nitrogens with zero attached hydrogens (tertiary/aromatic N) is 6. The molecule has 4 heterocycles. The molecular formula is C18H14N6. The lowest BCUT2D eigenvalue weighted by molar-refractivity contribution is 0.749. The fraction of sp³-hybridized carbons (Fsp3) is 0.0556. The van der Waals surface area contributed by atoms with Crippen LogP contribution in [0.15, 0.2) is 83.6 Å². The topological polar surface area (TPSA) is 66.6 Å². The van der Waals surface area contributed by atoms with Crippen molar-refractivity contribution in [3.8, 4) is 0 Å². The molecule has 1 aliphatic heterocycles. The van der Waals surface area contributed by atoms with Gasteiger partial charge in [-0.1, -0.05) is 0 Å². The van der Waals surface area contributed by atoms with E-state index in [0.29, 0.717) is 5.84 Å². The molecule has 0 N–H and O–H groups in total. The highest BCUT2D eigenvalue weighted by Gasteiger charge is 2.23. The Hall–Kier alpha value is -3.41. The van der Waals surface area contributed by atoms with Gasteiger partial charge in [0.2, 0.25) is 0 Å². The van der Waals surface area contributed by atoms with Crippen LogP contribution in [0.25, 0.3) is 0 Å². The lowest BCUT2D eigenvalue weighted by Crippen LogP contribution is -2.30. The molecule has 116 valence electrons. The van der Waals surface area contributed by atoms with Crippen molar-refractivity contribution < 1.29 is 0 Å². The van der Waals surface area contributed by atoms with Gasteiger partial charge in [-0.15, -0.1) is 0 Å². The van der Waals surface area contributed by atoms with Gasteiger partial charge in [0.1, 0.15) is 0 Å². The van der Waals surface area contributed by atoms with Crippen molar-refractivity contribution in [3.63, 3.8) is 0 Å². The Morgan fingerprint density at radius 3 is 1.96 bits per heavy atom. The summed E-state index contributed by atoms with van der Waals surface area (Å²) in [7, 11) is 0. The minimum Gasteiger partial charge on any atom is -0.305 e. The van der Waals surface area contributed by atoms with Crippen LogP contribution in [-0.2, 0) is 0 Å². The van der Waals surface area contributed by atoms with E-state index in [4.69, 9.17) is 4.99 Å². The van der Waals surface area contributed by atoms with Gasteiger partial charge in [0.15, 0.2) is 12.0 Å². The summed E-state index contributed by atoms with van der Waals surface area (Å²) in [6, 6.07) is 11.6. The van der Waals surface area contributed by atoms with E-state index in [9.17, 15) is 0 Å². The lowest BCUT2D eigenvalue weighted by atomic mass is 10.1. The molecule has 4 rings (SSSR count). The number of rotatable bonds is 3. The average molecular weight is 314 g/mol. The van der Waals surface area contributed by atoms with E-state index in [-0.39, 0.29) is 6.17 Å². The third kappa shape index (κ3) is 2.77. The summed E-state index contributed by atoms with van der Waals surface area (Å²) >= 11 is 0. The Balaban J connectivity index is 1.78. The standard InChI is InChI=1S/C18H14N6/c1-7-19-8-2-14(1)17-22-13-24(16-5-11-21-12-6-16)18(23-17)15-3-9-20-10-4-15/h1-13,18H. The smallest absolute Gasteiger partial charge is 0.158 e. The molecule has 24 heavy (non-hydrogen) atoms. The minimum absolute atomic E-state index is 0.212. The summed E-state index contributed by atoms with van der Waals surface area (Å²) in [5.74, 6) is 0.685. The van der Waals surface area contributed by atoms with Gasteiger partial charge in [-0.25, -0.2) is 9.98 Å². The van der Waals surface area contributed by atoms with E-state index in [1.54, 1.807) is 37.2 Å². The van der Waals surface area contributed by atoms with Crippen LogP contribution in [0.5, 0.6) is 0 Å². The third-order valence-electron chi connectivity index (χ3n) is 3.72. The van der Waals surface area contributed by atoms with Gasteiger partial charge in [-0.3, -0.25) is 15.0 Å². The first-order valence-corrected chi connectivity index (χ1v) is 7.52. The normalized spacial score (nSPS) is 16.8. The van der Waals surface area contributed by atoms with Gasteiger partial charge in [-0.05, 0) is 42.0 Å². The van der Waals surface area contributed by atoms with Crippen molar-refractivity contribution >= 4 is 17.9 Å². The molecule has 1 unspecified atom stereocenters. The zero-order chi connectivity index (χ0) is 16.2.